The third kappa shape index (κ3) is 8.39. The maximum atomic E-state index is 12.8. The molecule has 0 saturated carbocycles. The molecule has 1 aliphatic carbocycles. The molecule has 6 heteroatoms. The molecular formula is C29H44N4O2. The van der Waals surface area contributed by atoms with Crippen LogP contribution in [0.15, 0.2) is 54.6 Å². The average molecular weight is 481 g/mol. The van der Waals surface area contributed by atoms with E-state index in [2.05, 4.69) is 52.0 Å². The van der Waals surface area contributed by atoms with Gasteiger partial charge in [-0.25, -0.2) is 4.79 Å². The number of amides is 3. The third-order valence-electron chi connectivity index (χ3n) is 6.46. The molecule has 3 unspecified atom stereocenters. The van der Waals surface area contributed by atoms with Gasteiger partial charge >= 0.3 is 6.03 Å². The first kappa shape index (κ1) is 28.4. The first-order chi connectivity index (χ1) is 17.1. The van der Waals surface area contributed by atoms with Crippen LogP contribution >= 0.6 is 0 Å². The number of rotatable bonds is 6. The van der Waals surface area contributed by atoms with Crippen molar-refractivity contribution < 1.29 is 9.59 Å². The predicted octanol–water partition coefficient (Wildman–Crippen LogP) is 5.56. The Hall–Kier alpha value is -2.86. The van der Waals surface area contributed by atoms with E-state index in [9.17, 15) is 9.59 Å². The van der Waals surface area contributed by atoms with E-state index in [4.69, 9.17) is 0 Å². The highest BCUT2D eigenvalue weighted by Gasteiger charge is 2.30. The van der Waals surface area contributed by atoms with Gasteiger partial charge in [-0.3, -0.25) is 9.69 Å². The highest BCUT2D eigenvalue weighted by atomic mass is 16.2. The number of nitrogens with one attached hydrogen (secondary N) is 3. The Morgan fingerprint density at radius 1 is 0.914 bits per heavy atom. The Kier molecular flexibility index (Phi) is 12.3. The number of likely N-dealkylation sites (tertiary alicyclic amines) is 1. The van der Waals surface area contributed by atoms with E-state index in [0.717, 1.165) is 37.9 Å². The zero-order valence-corrected chi connectivity index (χ0v) is 22.1. The van der Waals surface area contributed by atoms with Gasteiger partial charge < -0.3 is 16.0 Å². The zero-order chi connectivity index (χ0) is 25.6. The van der Waals surface area contributed by atoms with E-state index < -0.39 is 0 Å². The summed E-state index contributed by atoms with van der Waals surface area (Å²) in [6.45, 7) is 12.1. The minimum Gasteiger partial charge on any atom is -0.352 e. The minimum atomic E-state index is -0.200. The quantitative estimate of drug-likeness (QED) is 0.507. The predicted molar refractivity (Wildman–Crippen MR) is 146 cm³/mol. The molecule has 1 aliphatic heterocycles. The molecule has 1 heterocycles. The second-order valence-corrected chi connectivity index (χ2v) is 8.61. The summed E-state index contributed by atoms with van der Waals surface area (Å²) in [4.78, 5) is 27.1. The molecule has 1 fully saturated rings. The van der Waals surface area contributed by atoms with Crippen LogP contribution in [0.1, 0.15) is 70.9 Å². The van der Waals surface area contributed by atoms with Crippen LogP contribution in [0.5, 0.6) is 0 Å². The molecule has 3 atom stereocenters. The number of benzene rings is 2. The first-order valence-corrected chi connectivity index (χ1v) is 13.3. The van der Waals surface area contributed by atoms with Gasteiger partial charge in [-0.1, -0.05) is 77.1 Å². The Bertz CT molecular complexity index is 903. The maximum Gasteiger partial charge on any atom is 0.319 e. The average Bonchev–Trinajstić information content (AvgIpc) is 3.33. The Balaban J connectivity index is 0.00000103. The van der Waals surface area contributed by atoms with Crippen molar-refractivity contribution >= 4 is 17.6 Å². The first-order valence-electron chi connectivity index (χ1n) is 13.3. The number of hydrogen-bond donors (Lipinski definition) is 3. The number of fused-ring (bicyclic) bond motifs is 1. The van der Waals surface area contributed by atoms with Gasteiger partial charge in [-0.15, -0.1) is 0 Å². The summed E-state index contributed by atoms with van der Waals surface area (Å²) in [6.07, 6.45) is 3.88. The van der Waals surface area contributed by atoms with E-state index in [0.29, 0.717) is 19.0 Å². The van der Waals surface area contributed by atoms with Gasteiger partial charge in [0.05, 0.1) is 6.54 Å². The highest BCUT2D eigenvalue weighted by molar-refractivity contribution is 5.89. The van der Waals surface area contributed by atoms with Gasteiger partial charge in [-0.2, -0.15) is 0 Å². The lowest BCUT2D eigenvalue weighted by atomic mass is 9.78. The second-order valence-electron chi connectivity index (χ2n) is 8.61. The van der Waals surface area contributed by atoms with Crippen molar-refractivity contribution in [3.05, 3.63) is 65.7 Å². The van der Waals surface area contributed by atoms with Crippen LogP contribution < -0.4 is 16.0 Å². The largest absolute Gasteiger partial charge is 0.352 e. The van der Waals surface area contributed by atoms with Crippen LogP contribution in [0.4, 0.5) is 10.5 Å². The molecule has 6 nitrogen and oxygen atoms in total. The van der Waals surface area contributed by atoms with Crippen LogP contribution in [0.2, 0.25) is 0 Å². The van der Waals surface area contributed by atoms with Crippen molar-refractivity contribution in [2.24, 2.45) is 0 Å². The van der Waals surface area contributed by atoms with Crippen molar-refractivity contribution in [3.63, 3.8) is 0 Å². The maximum absolute atomic E-state index is 12.8. The summed E-state index contributed by atoms with van der Waals surface area (Å²) >= 11 is 0. The van der Waals surface area contributed by atoms with E-state index in [1.165, 1.54) is 11.1 Å². The molecule has 192 valence electrons. The van der Waals surface area contributed by atoms with E-state index in [-0.39, 0.29) is 24.0 Å². The van der Waals surface area contributed by atoms with E-state index in [1.54, 1.807) is 0 Å². The Morgan fingerprint density at radius 2 is 1.60 bits per heavy atom. The minimum absolute atomic E-state index is 0.0569. The molecule has 0 bridgehead atoms. The lowest BCUT2D eigenvalue weighted by Gasteiger charge is -2.34. The number of nitrogens with zero attached hydrogens (tertiary/aromatic N) is 1. The lowest BCUT2D eigenvalue weighted by Crippen LogP contribution is -2.46. The van der Waals surface area contributed by atoms with Crippen molar-refractivity contribution in [2.45, 2.75) is 78.3 Å². The van der Waals surface area contributed by atoms with Crippen molar-refractivity contribution in [2.75, 3.05) is 25.0 Å². The second kappa shape index (κ2) is 15.2. The number of para-hydroxylation sites is 1. The van der Waals surface area contributed by atoms with E-state index in [1.807, 2.05) is 58.0 Å². The fraction of sp³-hybridized carbons (Fsp3) is 0.517. The van der Waals surface area contributed by atoms with Crippen LogP contribution in [0, 0.1) is 0 Å². The number of anilines is 1. The van der Waals surface area contributed by atoms with Crippen LogP contribution in [0.3, 0.4) is 0 Å². The summed E-state index contributed by atoms with van der Waals surface area (Å²) in [6, 6.07) is 18.1. The van der Waals surface area contributed by atoms with Gasteiger partial charge in [-0.05, 0) is 48.9 Å². The molecular weight excluding hydrogens is 436 g/mol. The van der Waals surface area contributed by atoms with Crippen LogP contribution in [-0.2, 0) is 11.2 Å². The zero-order valence-electron chi connectivity index (χ0n) is 22.1. The fourth-order valence-electron chi connectivity index (χ4n) is 4.95. The van der Waals surface area contributed by atoms with Crippen molar-refractivity contribution in [3.8, 4) is 0 Å². The van der Waals surface area contributed by atoms with Crippen LogP contribution in [-0.4, -0.2) is 48.6 Å². The Morgan fingerprint density at radius 3 is 2.31 bits per heavy atom. The molecule has 0 radical (unpaired) electrons. The number of carbonyl (C=O) groups is 2. The molecule has 2 aliphatic rings. The number of hydrogen-bond acceptors (Lipinski definition) is 3. The number of urea groups is 1. The molecule has 3 N–H and O–H groups in total. The molecule has 0 aromatic heterocycles. The number of carbonyl (C=O) groups excluding carboxylic acids is 2. The normalized spacial score (nSPS) is 20.8. The van der Waals surface area contributed by atoms with Gasteiger partial charge in [0.2, 0.25) is 5.91 Å². The van der Waals surface area contributed by atoms with Gasteiger partial charge in [0.1, 0.15) is 0 Å². The highest BCUT2D eigenvalue weighted by Crippen LogP contribution is 2.34. The third-order valence-corrected chi connectivity index (χ3v) is 6.46. The van der Waals surface area contributed by atoms with Crippen LogP contribution in [0.25, 0.3) is 0 Å². The summed E-state index contributed by atoms with van der Waals surface area (Å²) in [5.74, 6) is 0.459. The molecule has 2 aromatic rings. The SMILES string of the molecule is CC.CC.CCC1c2ccccc2CCC1NC(=O)CN1CCC(NC(=O)Nc2ccccc2)C1. The Labute approximate surface area is 211 Å². The molecule has 0 spiro atoms. The summed E-state index contributed by atoms with van der Waals surface area (Å²) < 4.78 is 0. The molecule has 3 amide bonds. The van der Waals surface area contributed by atoms with Gasteiger partial charge in [0, 0.05) is 36.8 Å². The molecule has 4 rings (SSSR count). The summed E-state index contributed by atoms with van der Waals surface area (Å²) in [7, 11) is 0. The van der Waals surface area contributed by atoms with Gasteiger partial charge in [0.15, 0.2) is 0 Å². The van der Waals surface area contributed by atoms with Gasteiger partial charge in [0.25, 0.3) is 0 Å². The smallest absolute Gasteiger partial charge is 0.319 e. The van der Waals surface area contributed by atoms with Crippen molar-refractivity contribution in [1.29, 1.82) is 0 Å². The summed E-state index contributed by atoms with van der Waals surface area (Å²) in [5, 5.41) is 9.16. The topological polar surface area (TPSA) is 73.5 Å². The molecule has 1 saturated heterocycles. The van der Waals surface area contributed by atoms with Crippen molar-refractivity contribution in [1.82, 2.24) is 15.5 Å². The fourth-order valence-corrected chi connectivity index (χ4v) is 4.95. The van der Waals surface area contributed by atoms with E-state index >= 15 is 0 Å². The monoisotopic (exact) mass is 480 g/mol. The summed E-state index contributed by atoms with van der Waals surface area (Å²) in [5.41, 5.74) is 3.58. The molecule has 2 aromatic carbocycles. The molecule has 35 heavy (non-hydrogen) atoms. The number of aryl methyl sites for hydroxylation is 1. The lowest BCUT2D eigenvalue weighted by molar-refractivity contribution is -0.123. The standard InChI is InChI=1S/C25H32N4O2.2C2H6/c1-2-21-22-11-7-6-8-18(22)12-13-23(21)28-24(30)17-29-15-14-20(16-29)27-25(31)26-19-9-4-3-5-10-19;2*1-2/h3-11,20-21,23H,2,12-17H2,1H3,(H,28,30)(H2,26,27,31);2*1-2H3.